The van der Waals surface area contributed by atoms with Crippen LogP contribution in [0, 0.1) is 5.82 Å². The van der Waals surface area contributed by atoms with Gasteiger partial charge in [0.05, 0.1) is 10.6 Å². The summed E-state index contributed by atoms with van der Waals surface area (Å²) in [6, 6.07) is 9.54. The zero-order chi connectivity index (χ0) is 14.0. The quantitative estimate of drug-likeness (QED) is 0.781. The van der Waals surface area contributed by atoms with Gasteiger partial charge in [-0.15, -0.1) is 0 Å². The first-order valence-corrected chi connectivity index (χ1v) is 7.16. The average Bonchev–Trinajstić information content (AvgIpc) is 2.34. The zero-order valence-electron chi connectivity index (χ0n) is 10.0. The Morgan fingerprint density at radius 1 is 1.11 bits per heavy atom. The molecule has 0 aliphatic rings. The lowest BCUT2D eigenvalue weighted by Crippen LogP contribution is -1.97. The minimum atomic E-state index is -0.806. The van der Waals surface area contributed by atoms with Crippen LogP contribution in [-0.2, 0) is 0 Å². The number of hydrogen-bond acceptors (Lipinski definition) is 2. The molecule has 0 aliphatic carbocycles. The first kappa shape index (κ1) is 14.5. The maximum absolute atomic E-state index is 13.2. The average molecular weight is 390 g/mol. The van der Waals surface area contributed by atoms with Crippen molar-refractivity contribution >= 4 is 31.9 Å². The van der Waals surface area contributed by atoms with E-state index in [1.807, 2.05) is 12.1 Å². The number of aliphatic hydroxyl groups excluding tert-OH is 1. The van der Waals surface area contributed by atoms with Crippen LogP contribution in [0.5, 0.6) is 11.5 Å². The third kappa shape index (κ3) is 3.55. The van der Waals surface area contributed by atoms with Gasteiger partial charge < -0.3 is 9.84 Å². The van der Waals surface area contributed by atoms with Gasteiger partial charge in [0.2, 0.25) is 0 Å². The molecule has 2 aromatic rings. The molecule has 0 fully saturated rings. The molecule has 0 saturated carbocycles. The Kier molecular flexibility index (Phi) is 4.60. The van der Waals surface area contributed by atoms with Crippen molar-refractivity contribution in [3.8, 4) is 11.5 Å². The molecule has 0 saturated heterocycles. The first-order chi connectivity index (χ1) is 8.97. The van der Waals surface area contributed by atoms with E-state index in [1.165, 1.54) is 18.2 Å². The predicted octanol–water partition coefficient (Wildman–Crippen LogP) is 5.20. The molecule has 5 heteroatoms. The number of ether oxygens (including phenoxy) is 1. The van der Waals surface area contributed by atoms with E-state index in [4.69, 9.17) is 4.74 Å². The van der Waals surface area contributed by atoms with Crippen LogP contribution in [0.4, 0.5) is 4.39 Å². The van der Waals surface area contributed by atoms with E-state index in [2.05, 4.69) is 31.9 Å². The lowest BCUT2D eigenvalue weighted by atomic mass is 10.1. The summed E-state index contributed by atoms with van der Waals surface area (Å²) < 4.78 is 20.6. The van der Waals surface area contributed by atoms with Crippen LogP contribution < -0.4 is 4.74 Å². The second kappa shape index (κ2) is 6.03. The van der Waals surface area contributed by atoms with Crippen LogP contribution in [0.2, 0.25) is 0 Å². The molecule has 0 amide bonds. The fourth-order valence-corrected chi connectivity index (χ4v) is 2.74. The van der Waals surface area contributed by atoms with Gasteiger partial charge in [0.25, 0.3) is 0 Å². The highest BCUT2D eigenvalue weighted by Crippen LogP contribution is 2.35. The molecular weight excluding hydrogens is 379 g/mol. The standard InChI is InChI=1S/C14H11Br2FO2/c1-8(18)11-7-10(17)3-5-13(11)19-14-4-2-9(15)6-12(14)16/h2-8,18H,1H3/t8-/m0/s1. The monoisotopic (exact) mass is 388 g/mol. The molecule has 0 aromatic heterocycles. The van der Waals surface area contributed by atoms with E-state index in [0.717, 1.165) is 8.95 Å². The van der Waals surface area contributed by atoms with Gasteiger partial charge in [0.15, 0.2) is 0 Å². The number of halogens is 3. The van der Waals surface area contributed by atoms with E-state index < -0.39 is 11.9 Å². The van der Waals surface area contributed by atoms with Gasteiger partial charge in [-0.05, 0) is 59.3 Å². The number of hydrogen-bond donors (Lipinski definition) is 1. The summed E-state index contributed by atoms with van der Waals surface area (Å²) in [6.45, 7) is 1.57. The van der Waals surface area contributed by atoms with Gasteiger partial charge in [0.1, 0.15) is 17.3 Å². The molecule has 0 spiro atoms. The molecule has 19 heavy (non-hydrogen) atoms. The van der Waals surface area contributed by atoms with Crippen molar-refractivity contribution in [1.29, 1.82) is 0 Å². The zero-order valence-corrected chi connectivity index (χ0v) is 13.2. The van der Waals surface area contributed by atoms with Gasteiger partial charge in [-0.1, -0.05) is 15.9 Å². The fraction of sp³-hybridized carbons (Fsp3) is 0.143. The van der Waals surface area contributed by atoms with Gasteiger partial charge >= 0.3 is 0 Å². The summed E-state index contributed by atoms with van der Waals surface area (Å²) in [5.41, 5.74) is 0.412. The third-order valence-electron chi connectivity index (χ3n) is 2.54. The Morgan fingerprint density at radius 2 is 1.79 bits per heavy atom. The molecular formula is C14H11Br2FO2. The highest BCUT2D eigenvalue weighted by molar-refractivity contribution is 9.11. The van der Waals surface area contributed by atoms with Crippen LogP contribution in [0.3, 0.4) is 0 Å². The van der Waals surface area contributed by atoms with Crippen molar-refractivity contribution in [2.24, 2.45) is 0 Å². The summed E-state index contributed by atoms with van der Waals surface area (Å²) in [6.07, 6.45) is -0.806. The third-order valence-corrected chi connectivity index (χ3v) is 3.65. The van der Waals surface area contributed by atoms with Crippen molar-refractivity contribution < 1.29 is 14.2 Å². The summed E-state index contributed by atoms with van der Waals surface area (Å²) >= 11 is 6.74. The molecule has 0 heterocycles. The summed E-state index contributed by atoms with van der Waals surface area (Å²) in [5.74, 6) is 0.620. The largest absolute Gasteiger partial charge is 0.456 e. The van der Waals surface area contributed by atoms with Crippen molar-refractivity contribution in [3.63, 3.8) is 0 Å². The van der Waals surface area contributed by atoms with E-state index in [0.29, 0.717) is 17.1 Å². The molecule has 0 aliphatic heterocycles. The maximum atomic E-state index is 13.2. The number of rotatable bonds is 3. The van der Waals surface area contributed by atoms with Crippen LogP contribution in [0.25, 0.3) is 0 Å². The molecule has 100 valence electrons. The maximum Gasteiger partial charge on any atom is 0.141 e. The molecule has 1 atom stereocenters. The SMILES string of the molecule is C[C@H](O)c1cc(F)ccc1Oc1ccc(Br)cc1Br. The Labute approximate surface area is 127 Å². The van der Waals surface area contributed by atoms with Crippen molar-refractivity contribution in [2.45, 2.75) is 13.0 Å². The van der Waals surface area contributed by atoms with Crippen molar-refractivity contribution in [3.05, 3.63) is 56.7 Å². The molecule has 0 unspecified atom stereocenters. The van der Waals surface area contributed by atoms with Crippen LogP contribution in [0.15, 0.2) is 45.3 Å². The summed E-state index contributed by atoms with van der Waals surface area (Å²) in [7, 11) is 0. The second-order valence-corrected chi connectivity index (χ2v) is 5.80. The summed E-state index contributed by atoms with van der Waals surface area (Å²) in [5, 5.41) is 9.65. The first-order valence-electron chi connectivity index (χ1n) is 5.58. The van der Waals surface area contributed by atoms with Gasteiger partial charge in [-0.25, -0.2) is 4.39 Å². The highest BCUT2D eigenvalue weighted by atomic mass is 79.9. The topological polar surface area (TPSA) is 29.5 Å². The van der Waals surface area contributed by atoms with Crippen LogP contribution >= 0.6 is 31.9 Å². The van der Waals surface area contributed by atoms with Crippen molar-refractivity contribution in [1.82, 2.24) is 0 Å². The van der Waals surface area contributed by atoms with E-state index >= 15 is 0 Å². The normalized spacial score (nSPS) is 12.3. The van der Waals surface area contributed by atoms with Gasteiger partial charge in [0, 0.05) is 10.0 Å². The smallest absolute Gasteiger partial charge is 0.141 e. The Balaban J connectivity index is 2.38. The lowest BCUT2D eigenvalue weighted by molar-refractivity contribution is 0.195. The number of aliphatic hydroxyl groups is 1. The Hall–Kier alpha value is -0.910. The molecule has 1 N–H and O–H groups in total. The second-order valence-electron chi connectivity index (χ2n) is 4.03. The van der Waals surface area contributed by atoms with Crippen LogP contribution in [0.1, 0.15) is 18.6 Å². The summed E-state index contributed by atoms with van der Waals surface area (Å²) in [4.78, 5) is 0. The van der Waals surface area contributed by atoms with Crippen molar-refractivity contribution in [2.75, 3.05) is 0 Å². The Morgan fingerprint density at radius 3 is 2.42 bits per heavy atom. The van der Waals surface area contributed by atoms with E-state index in [1.54, 1.807) is 13.0 Å². The molecule has 2 rings (SSSR count). The molecule has 2 aromatic carbocycles. The van der Waals surface area contributed by atoms with Gasteiger partial charge in [-0.3, -0.25) is 0 Å². The fourth-order valence-electron chi connectivity index (χ4n) is 1.62. The predicted molar refractivity (Wildman–Crippen MR) is 78.9 cm³/mol. The molecule has 0 radical (unpaired) electrons. The Bertz CT molecular complexity index is 600. The minimum Gasteiger partial charge on any atom is -0.456 e. The number of benzene rings is 2. The highest BCUT2D eigenvalue weighted by Gasteiger charge is 2.12. The van der Waals surface area contributed by atoms with Crippen LogP contribution in [-0.4, -0.2) is 5.11 Å². The molecule has 2 nitrogen and oxygen atoms in total. The van der Waals surface area contributed by atoms with E-state index in [9.17, 15) is 9.50 Å². The minimum absolute atomic E-state index is 0.405. The van der Waals surface area contributed by atoms with E-state index in [-0.39, 0.29) is 0 Å². The van der Waals surface area contributed by atoms with Gasteiger partial charge in [-0.2, -0.15) is 0 Å². The lowest BCUT2D eigenvalue weighted by Gasteiger charge is -2.14. The molecule has 0 bridgehead atoms.